The lowest BCUT2D eigenvalue weighted by Gasteiger charge is -2.20. The van der Waals surface area contributed by atoms with Gasteiger partial charge in [-0.05, 0) is 37.5 Å². The van der Waals surface area contributed by atoms with Gasteiger partial charge < -0.3 is 5.32 Å². The highest BCUT2D eigenvalue weighted by Crippen LogP contribution is 2.24. The zero-order valence-corrected chi connectivity index (χ0v) is 11.4. The monoisotopic (exact) mass is 239 g/mol. The van der Waals surface area contributed by atoms with Gasteiger partial charge in [-0.2, -0.15) is 0 Å². The Morgan fingerprint density at radius 3 is 2.22 bits per heavy atom. The summed E-state index contributed by atoms with van der Waals surface area (Å²) in [6.07, 6.45) is 1.08. The van der Waals surface area contributed by atoms with Crippen molar-refractivity contribution in [2.75, 3.05) is 5.32 Å². The molecule has 0 spiro atoms. The van der Waals surface area contributed by atoms with E-state index in [1.54, 1.807) is 0 Å². The van der Waals surface area contributed by atoms with Crippen LogP contribution in [0.1, 0.15) is 36.1 Å². The molecule has 0 aliphatic heterocycles. The summed E-state index contributed by atoms with van der Waals surface area (Å²) in [5.41, 5.74) is 5.18. The first-order valence-electron chi connectivity index (χ1n) is 6.59. The van der Waals surface area contributed by atoms with Crippen molar-refractivity contribution in [2.45, 2.75) is 33.2 Å². The summed E-state index contributed by atoms with van der Waals surface area (Å²) in [6, 6.07) is 17.6. The molecule has 0 heterocycles. The summed E-state index contributed by atoms with van der Waals surface area (Å²) in [7, 11) is 0. The molecule has 0 saturated heterocycles. The molecule has 0 aliphatic rings. The number of para-hydroxylation sites is 1. The highest BCUT2D eigenvalue weighted by Gasteiger charge is 2.09. The van der Waals surface area contributed by atoms with Crippen molar-refractivity contribution in [3.05, 3.63) is 65.2 Å². The molecule has 1 heteroatoms. The number of nitrogens with one attached hydrogen (secondary N) is 1. The smallest absolute Gasteiger partial charge is 0.0511 e. The molecule has 1 nitrogen and oxygen atoms in total. The van der Waals surface area contributed by atoms with E-state index in [1.807, 2.05) is 0 Å². The zero-order chi connectivity index (χ0) is 13.0. The fourth-order valence-corrected chi connectivity index (χ4v) is 2.14. The van der Waals surface area contributed by atoms with Crippen LogP contribution >= 0.6 is 0 Å². The average molecular weight is 239 g/mol. The van der Waals surface area contributed by atoms with Crippen LogP contribution in [0.25, 0.3) is 0 Å². The van der Waals surface area contributed by atoms with E-state index in [9.17, 15) is 0 Å². The van der Waals surface area contributed by atoms with Crippen LogP contribution in [0.4, 0.5) is 5.69 Å². The van der Waals surface area contributed by atoms with Gasteiger partial charge >= 0.3 is 0 Å². The zero-order valence-electron chi connectivity index (χ0n) is 11.4. The van der Waals surface area contributed by atoms with E-state index in [4.69, 9.17) is 0 Å². The van der Waals surface area contributed by atoms with Crippen molar-refractivity contribution in [1.29, 1.82) is 0 Å². The lowest BCUT2D eigenvalue weighted by atomic mass is 10.0. The number of anilines is 1. The summed E-state index contributed by atoms with van der Waals surface area (Å²) in [5.74, 6) is 0. The summed E-state index contributed by atoms with van der Waals surface area (Å²) in [5, 5.41) is 3.63. The van der Waals surface area contributed by atoms with E-state index in [1.165, 1.54) is 22.4 Å². The van der Waals surface area contributed by atoms with Crippen molar-refractivity contribution in [3.8, 4) is 0 Å². The third-order valence-corrected chi connectivity index (χ3v) is 3.36. The number of rotatable bonds is 4. The average Bonchev–Trinajstić information content (AvgIpc) is 2.39. The van der Waals surface area contributed by atoms with Gasteiger partial charge in [0.1, 0.15) is 0 Å². The van der Waals surface area contributed by atoms with Crippen LogP contribution in [0.5, 0.6) is 0 Å². The van der Waals surface area contributed by atoms with Gasteiger partial charge in [0.15, 0.2) is 0 Å². The second-order valence-corrected chi connectivity index (χ2v) is 4.83. The highest BCUT2D eigenvalue weighted by molar-refractivity contribution is 5.52. The highest BCUT2D eigenvalue weighted by atomic mass is 14.9. The molecule has 18 heavy (non-hydrogen) atoms. The van der Waals surface area contributed by atoms with Crippen LogP contribution in [0, 0.1) is 13.8 Å². The van der Waals surface area contributed by atoms with Crippen LogP contribution < -0.4 is 5.32 Å². The summed E-state index contributed by atoms with van der Waals surface area (Å²) < 4.78 is 0. The van der Waals surface area contributed by atoms with E-state index in [2.05, 4.69) is 74.6 Å². The van der Waals surface area contributed by atoms with Crippen molar-refractivity contribution in [1.82, 2.24) is 0 Å². The van der Waals surface area contributed by atoms with Crippen molar-refractivity contribution in [3.63, 3.8) is 0 Å². The minimum absolute atomic E-state index is 0.381. The third-order valence-electron chi connectivity index (χ3n) is 3.36. The number of aryl methyl sites for hydroxylation is 2. The van der Waals surface area contributed by atoms with Crippen LogP contribution in [-0.4, -0.2) is 0 Å². The molecule has 2 aromatic carbocycles. The summed E-state index contributed by atoms with van der Waals surface area (Å²) in [6.45, 7) is 6.49. The van der Waals surface area contributed by atoms with Gasteiger partial charge in [0.05, 0.1) is 6.04 Å². The predicted octanol–water partition coefficient (Wildman–Crippen LogP) is 4.87. The molecule has 2 rings (SSSR count). The van der Waals surface area contributed by atoms with Gasteiger partial charge in [0.25, 0.3) is 0 Å². The summed E-state index contributed by atoms with van der Waals surface area (Å²) in [4.78, 5) is 0. The molecule has 1 unspecified atom stereocenters. The second-order valence-electron chi connectivity index (χ2n) is 4.83. The van der Waals surface area contributed by atoms with Gasteiger partial charge in [0, 0.05) is 5.69 Å². The Morgan fingerprint density at radius 1 is 0.944 bits per heavy atom. The maximum Gasteiger partial charge on any atom is 0.0511 e. The van der Waals surface area contributed by atoms with Crippen molar-refractivity contribution >= 4 is 5.69 Å². The van der Waals surface area contributed by atoms with E-state index in [0.717, 1.165) is 6.42 Å². The van der Waals surface area contributed by atoms with E-state index in [-0.39, 0.29) is 0 Å². The Hall–Kier alpha value is -1.76. The SMILES string of the molecule is CCC(Nc1ccccc1C)c1ccc(C)cc1. The lowest BCUT2D eigenvalue weighted by Crippen LogP contribution is -2.10. The number of benzene rings is 2. The summed E-state index contributed by atoms with van der Waals surface area (Å²) >= 11 is 0. The van der Waals surface area contributed by atoms with E-state index < -0.39 is 0 Å². The maximum absolute atomic E-state index is 3.63. The number of hydrogen-bond acceptors (Lipinski definition) is 1. The van der Waals surface area contributed by atoms with Crippen molar-refractivity contribution in [2.24, 2.45) is 0 Å². The van der Waals surface area contributed by atoms with Crippen LogP contribution in [0.2, 0.25) is 0 Å². The van der Waals surface area contributed by atoms with Crippen LogP contribution in [0.15, 0.2) is 48.5 Å². The van der Waals surface area contributed by atoms with Crippen molar-refractivity contribution < 1.29 is 0 Å². The second kappa shape index (κ2) is 5.72. The first-order valence-corrected chi connectivity index (χ1v) is 6.59. The molecule has 1 atom stereocenters. The van der Waals surface area contributed by atoms with E-state index >= 15 is 0 Å². The Bertz CT molecular complexity index is 499. The Morgan fingerprint density at radius 2 is 1.61 bits per heavy atom. The molecule has 0 radical (unpaired) electrons. The van der Waals surface area contributed by atoms with Gasteiger partial charge in [-0.1, -0.05) is 55.0 Å². The predicted molar refractivity (Wildman–Crippen MR) is 79.0 cm³/mol. The molecule has 0 aliphatic carbocycles. The lowest BCUT2D eigenvalue weighted by molar-refractivity contribution is 0.748. The van der Waals surface area contributed by atoms with Gasteiger partial charge in [-0.3, -0.25) is 0 Å². The van der Waals surface area contributed by atoms with E-state index in [0.29, 0.717) is 6.04 Å². The molecule has 94 valence electrons. The molecule has 0 fully saturated rings. The van der Waals surface area contributed by atoms with Crippen LogP contribution in [0.3, 0.4) is 0 Å². The molecule has 0 bridgehead atoms. The molecular formula is C17H21N. The van der Waals surface area contributed by atoms with Crippen LogP contribution in [-0.2, 0) is 0 Å². The molecule has 1 N–H and O–H groups in total. The topological polar surface area (TPSA) is 12.0 Å². The molecule has 0 amide bonds. The third kappa shape index (κ3) is 2.92. The van der Waals surface area contributed by atoms with Gasteiger partial charge in [-0.15, -0.1) is 0 Å². The first kappa shape index (κ1) is 12.7. The normalized spacial score (nSPS) is 12.2. The molecule has 0 aromatic heterocycles. The standard InChI is InChI=1S/C17H21N/c1-4-16(15-11-9-13(2)10-12-15)18-17-8-6-5-7-14(17)3/h5-12,16,18H,4H2,1-3H3. The Kier molecular flexibility index (Phi) is 4.03. The molecule has 0 saturated carbocycles. The molecule has 2 aromatic rings. The Labute approximate surface area is 110 Å². The van der Waals surface area contributed by atoms with Gasteiger partial charge in [0.2, 0.25) is 0 Å². The Balaban J connectivity index is 2.20. The van der Waals surface area contributed by atoms with Gasteiger partial charge in [-0.25, -0.2) is 0 Å². The fraction of sp³-hybridized carbons (Fsp3) is 0.294. The molecular weight excluding hydrogens is 218 g/mol. The maximum atomic E-state index is 3.63. The number of hydrogen-bond donors (Lipinski definition) is 1. The fourth-order valence-electron chi connectivity index (χ4n) is 2.14. The quantitative estimate of drug-likeness (QED) is 0.803. The minimum atomic E-state index is 0.381. The first-order chi connectivity index (χ1) is 8.70. The largest absolute Gasteiger partial charge is 0.378 e. The minimum Gasteiger partial charge on any atom is -0.378 e.